The van der Waals surface area contributed by atoms with Crippen molar-refractivity contribution in [1.82, 2.24) is 15.0 Å². The van der Waals surface area contributed by atoms with Gasteiger partial charge in [-0.3, -0.25) is 14.3 Å². The van der Waals surface area contributed by atoms with Crippen molar-refractivity contribution < 1.29 is 23.5 Å². The lowest BCUT2D eigenvalue weighted by Crippen LogP contribution is -2.44. The normalized spacial score (nSPS) is 24.1. The number of ether oxygens (including phenoxy) is 1. The second-order valence-corrected chi connectivity index (χ2v) is 15.0. The first-order valence-corrected chi connectivity index (χ1v) is 16.4. The summed E-state index contributed by atoms with van der Waals surface area (Å²) >= 11 is 0. The number of aliphatic hydroxyl groups is 1. The third-order valence-electron chi connectivity index (χ3n) is 8.12. The number of nitrogens with two attached hydrogens (primary N) is 1. The molecule has 4 N–H and O–H groups in total. The number of hydrogen-bond acceptors (Lipinski definition) is 7. The Morgan fingerprint density at radius 3 is 2.65 bits per heavy atom. The topological polar surface area (TPSA) is 136 Å². The molecule has 3 heterocycles. The molecule has 2 aliphatic rings. The minimum Gasteiger partial charge on any atom is -0.399 e. The third kappa shape index (κ3) is 4.80. The van der Waals surface area contributed by atoms with Crippen LogP contribution in [0.2, 0.25) is 18.6 Å². The largest absolute Gasteiger partial charge is 0.399 e. The summed E-state index contributed by atoms with van der Waals surface area (Å²) in [6, 6.07) is 11.9. The van der Waals surface area contributed by atoms with Gasteiger partial charge in [0, 0.05) is 66.8 Å². The second kappa shape index (κ2) is 10.4. The molecule has 0 bridgehead atoms. The molecule has 212 valence electrons. The molecule has 40 heavy (non-hydrogen) atoms. The van der Waals surface area contributed by atoms with Crippen LogP contribution in [-0.4, -0.2) is 60.1 Å². The number of nitrogen functional groups attached to an aromatic ring is 1. The maximum atomic E-state index is 15.9. The number of benzene rings is 2. The maximum Gasteiger partial charge on any atom is 0.264 e. The number of aryl methyl sites for hydroxylation is 1. The van der Waals surface area contributed by atoms with E-state index in [1.54, 1.807) is 78.4 Å². The Labute approximate surface area is 233 Å². The van der Waals surface area contributed by atoms with E-state index in [9.17, 15) is 9.59 Å². The van der Waals surface area contributed by atoms with Gasteiger partial charge in [-0.25, -0.2) is 0 Å². The zero-order chi connectivity index (χ0) is 28.8. The molecule has 1 aromatic heterocycles. The third-order valence-corrected chi connectivity index (χ3v) is 10.6. The van der Waals surface area contributed by atoms with Crippen LogP contribution in [0.1, 0.15) is 35.0 Å². The van der Waals surface area contributed by atoms with E-state index in [1.807, 2.05) is 6.92 Å². The van der Waals surface area contributed by atoms with Crippen LogP contribution in [0, 0.1) is 5.92 Å². The number of carbonyl (C=O) groups is 2. The molecule has 5 rings (SSSR count). The van der Waals surface area contributed by atoms with Gasteiger partial charge in [-0.1, -0.05) is 12.1 Å². The number of hydrogen-bond donors (Lipinski definition) is 3. The van der Waals surface area contributed by atoms with E-state index >= 15 is 4.11 Å². The number of aliphatic hydroxyl groups excluding tert-OH is 1. The van der Waals surface area contributed by atoms with Gasteiger partial charge in [0.25, 0.3) is 11.8 Å². The molecule has 2 aromatic carbocycles. The number of nitrogens with zero attached hydrogens (tertiary/aromatic N) is 4. The summed E-state index contributed by atoms with van der Waals surface area (Å²) in [6.07, 6.45) is 2.08. The molecule has 1 saturated heterocycles. The highest BCUT2D eigenvalue weighted by Crippen LogP contribution is 2.60. The van der Waals surface area contributed by atoms with Gasteiger partial charge in [-0.2, -0.15) is 0 Å². The monoisotopic (exact) mass is 566 g/mol. The van der Waals surface area contributed by atoms with Gasteiger partial charge in [-0.15, -0.1) is 5.10 Å². The number of anilines is 3. The minimum absolute atomic E-state index is 0.0222. The summed E-state index contributed by atoms with van der Waals surface area (Å²) in [5.74, 6) is -0.994. The second-order valence-electron chi connectivity index (χ2n) is 11.2. The molecule has 2 aliphatic heterocycles. The van der Waals surface area contributed by atoms with E-state index in [0.29, 0.717) is 53.3 Å². The van der Waals surface area contributed by atoms with E-state index in [-0.39, 0.29) is 18.4 Å². The molecule has 0 aliphatic carbocycles. The van der Waals surface area contributed by atoms with Gasteiger partial charge < -0.3 is 29.9 Å². The van der Waals surface area contributed by atoms with Crippen LogP contribution in [0.3, 0.4) is 0 Å². The zero-order valence-corrected chi connectivity index (χ0v) is 24.1. The van der Waals surface area contributed by atoms with Crippen LogP contribution in [0.25, 0.3) is 0 Å². The molecular formula is C28H35FN6O4Si. The van der Waals surface area contributed by atoms with Crippen molar-refractivity contribution in [2.75, 3.05) is 29.6 Å². The number of aromatic nitrogens is 3. The molecule has 0 radical (unpaired) electrons. The van der Waals surface area contributed by atoms with Gasteiger partial charge in [0.1, 0.15) is 0 Å². The van der Waals surface area contributed by atoms with E-state index in [0.717, 1.165) is 0 Å². The Bertz CT molecular complexity index is 1420. The van der Waals surface area contributed by atoms with Crippen LogP contribution in [0.5, 0.6) is 0 Å². The lowest BCUT2D eigenvalue weighted by Gasteiger charge is -2.31. The summed E-state index contributed by atoms with van der Waals surface area (Å²) in [4.78, 5) is 28.4. The Balaban J connectivity index is 1.46. The number of halogens is 1. The minimum atomic E-state index is -3.31. The molecule has 0 saturated carbocycles. The standard InChI is InChI=1S/C28H35FN6O4Si/c1-17-25(40(3,4)29)24(11-13-35-16-21(12-14-36)32-33-35)39-28(17)22-15-20(9-10-23(22)34(2)27(28)38)31-26(37)18-5-7-19(30)8-6-18/h5-10,15-17,24-25,36H,11-14,30H2,1-4H3,(H,31,37)/t17-,24+,25-,28+/m1/s1. The van der Waals surface area contributed by atoms with Crippen LogP contribution < -0.4 is 16.0 Å². The first-order chi connectivity index (χ1) is 19.0. The fourth-order valence-corrected chi connectivity index (χ4v) is 8.82. The summed E-state index contributed by atoms with van der Waals surface area (Å²) in [5.41, 5.74) is 7.40. The Morgan fingerprint density at radius 2 is 1.98 bits per heavy atom. The fourth-order valence-electron chi connectivity index (χ4n) is 6.27. The molecule has 10 nitrogen and oxygen atoms in total. The number of carbonyl (C=O) groups excluding carboxylic acids is 2. The van der Waals surface area contributed by atoms with Gasteiger partial charge in [0.2, 0.25) is 8.41 Å². The summed E-state index contributed by atoms with van der Waals surface area (Å²) in [5, 5.41) is 20.2. The highest BCUT2D eigenvalue weighted by Gasteiger charge is 2.66. The lowest BCUT2D eigenvalue weighted by molar-refractivity contribution is -0.145. The van der Waals surface area contributed by atoms with Crippen molar-refractivity contribution in [3.8, 4) is 0 Å². The Morgan fingerprint density at radius 1 is 1.25 bits per heavy atom. The average Bonchev–Trinajstić information content (AvgIpc) is 3.54. The smallest absolute Gasteiger partial charge is 0.264 e. The lowest BCUT2D eigenvalue weighted by atomic mass is 9.82. The molecule has 1 spiro atoms. The molecule has 3 aromatic rings. The average molecular weight is 567 g/mol. The van der Waals surface area contributed by atoms with Crippen LogP contribution >= 0.6 is 0 Å². The molecule has 2 amide bonds. The van der Waals surface area contributed by atoms with Gasteiger partial charge >= 0.3 is 0 Å². The van der Waals surface area contributed by atoms with Crippen molar-refractivity contribution >= 4 is 37.3 Å². The molecular weight excluding hydrogens is 531 g/mol. The Kier molecular flexibility index (Phi) is 7.27. The van der Waals surface area contributed by atoms with Crippen molar-refractivity contribution in [1.29, 1.82) is 0 Å². The molecule has 4 atom stereocenters. The van der Waals surface area contributed by atoms with E-state index in [2.05, 4.69) is 15.6 Å². The van der Waals surface area contributed by atoms with E-state index < -0.39 is 31.6 Å². The van der Waals surface area contributed by atoms with E-state index in [1.165, 1.54) is 0 Å². The molecule has 0 unspecified atom stereocenters. The van der Waals surface area contributed by atoms with Gasteiger partial charge in [-0.05, 0) is 62.0 Å². The number of fused-ring (bicyclic) bond motifs is 2. The van der Waals surface area contributed by atoms with Crippen LogP contribution in [0.4, 0.5) is 21.2 Å². The predicted molar refractivity (Wildman–Crippen MR) is 152 cm³/mol. The van der Waals surface area contributed by atoms with Crippen molar-refractivity contribution in [3.05, 3.63) is 65.5 Å². The molecule has 1 fully saturated rings. The van der Waals surface area contributed by atoms with Crippen LogP contribution in [-0.2, 0) is 28.1 Å². The van der Waals surface area contributed by atoms with Crippen LogP contribution in [0.15, 0.2) is 48.7 Å². The van der Waals surface area contributed by atoms with Crippen molar-refractivity contribution in [2.45, 2.75) is 56.7 Å². The highest BCUT2D eigenvalue weighted by atomic mass is 28.4. The maximum absolute atomic E-state index is 15.9. The van der Waals surface area contributed by atoms with Crippen molar-refractivity contribution in [3.63, 3.8) is 0 Å². The quantitative estimate of drug-likeness (QED) is 0.216. The number of nitrogens with one attached hydrogen (secondary N) is 1. The predicted octanol–water partition coefficient (Wildman–Crippen LogP) is 3.49. The number of rotatable bonds is 8. The van der Waals surface area contributed by atoms with E-state index in [4.69, 9.17) is 15.6 Å². The molecule has 12 heteroatoms. The fraction of sp³-hybridized carbons (Fsp3) is 0.429. The first-order valence-electron chi connectivity index (χ1n) is 13.4. The number of likely N-dealkylation sites (N-methyl/N-ethyl adjacent to an activating group) is 1. The highest BCUT2D eigenvalue weighted by molar-refractivity contribution is 6.72. The first kappa shape index (κ1) is 27.9. The summed E-state index contributed by atoms with van der Waals surface area (Å²) in [7, 11) is -1.61. The SMILES string of the molecule is C[C@@H]1[C@@H]([Si](C)(C)F)[C@H](CCn2cc(CCO)nn2)O[C@@]12C(=O)N(C)c1ccc(NC(=O)c3ccc(N)cc3)cc12. The number of amides is 2. The van der Waals surface area contributed by atoms with Crippen molar-refractivity contribution in [2.24, 2.45) is 5.92 Å². The summed E-state index contributed by atoms with van der Waals surface area (Å²) in [6.45, 7) is 5.62. The summed E-state index contributed by atoms with van der Waals surface area (Å²) < 4.78 is 24.3. The van der Waals surface area contributed by atoms with Gasteiger partial charge in [0.05, 0.1) is 17.5 Å². The zero-order valence-electron chi connectivity index (χ0n) is 23.1. The Hall–Kier alpha value is -3.61. The van der Waals surface area contributed by atoms with Gasteiger partial charge in [0.15, 0.2) is 5.60 Å².